The van der Waals surface area contributed by atoms with Gasteiger partial charge in [-0.1, -0.05) is 57.4 Å². The van der Waals surface area contributed by atoms with Gasteiger partial charge in [0.25, 0.3) is 5.91 Å². The molecule has 2 aliphatic rings. The highest BCUT2D eigenvalue weighted by Gasteiger charge is 2.38. The van der Waals surface area contributed by atoms with E-state index in [4.69, 9.17) is 9.90 Å². The minimum atomic E-state index is -5.08. The molecule has 2 aromatic rings. The summed E-state index contributed by atoms with van der Waals surface area (Å²) in [4.78, 5) is 27.0. The van der Waals surface area contributed by atoms with E-state index in [1.54, 1.807) is 0 Å². The molecule has 2 aromatic carbocycles. The molecule has 6 nitrogen and oxygen atoms in total. The normalized spacial score (nSPS) is 17.6. The lowest BCUT2D eigenvalue weighted by Gasteiger charge is -2.29. The molecule has 1 aliphatic carbocycles. The van der Waals surface area contributed by atoms with Crippen LogP contribution in [0.4, 0.5) is 18.9 Å². The van der Waals surface area contributed by atoms with Crippen LogP contribution in [0.5, 0.6) is 0 Å². The van der Waals surface area contributed by atoms with Crippen LogP contribution in [0.3, 0.4) is 0 Å². The Morgan fingerprint density at radius 1 is 0.925 bits per heavy atom. The van der Waals surface area contributed by atoms with Crippen LogP contribution in [0.25, 0.3) is 0 Å². The van der Waals surface area contributed by atoms with Gasteiger partial charge in [-0.05, 0) is 79.6 Å². The van der Waals surface area contributed by atoms with Crippen molar-refractivity contribution in [1.29, 1.82) is 0 Å². The second-order valence-corrected chi connectivity index (χ2v) is 11.2. The monoisotopic (exact) mass is 561 g/mol. The molecule has 220 valence electrons. The van der Waals surface area contributed by atoms with Crippen LogP contribution in [0.1, 0.15) is 79.8 Å². The van der Waals surface area contributed by atoms with Crippen molar-refractivity contribution in [3.05, 3.63) is 65.2 Å². The van der Waals surface area contributed by atoms with Crippen LogP contribution in [-0.4, -0.2) is 65.7 Å². The Labute approximate surface area is 235 Å². The van der Waals surface area contributed by atoms with E-state index in [-0.39, 0.29) is 5.91 Å². The molecular formula is C31H42F3N3O3. The van der Waals surface area contributed by atoms with Gasteiger partial charge in [0.05, 0.1) is 0 Å². The van der Waals surface area contributed by atoms with Crippen LogP contribution < -0.4 is 5.32 Å². The van der Waals surface area contributed by atoms with Crippen molar-refractivity contribution in [2.24, 2.45) is 5.92 Å². The van der Waals surface area contributed by atoms with E-state index in [2.05, 4.69) is 53.2 Å². The van der Waals surface area contributed by atoms with Gasteiger partial charge in [-0.3, -0.25) is 9.69 Å². The predicted octanol–water partition coefficient (Wildman–Crippen LogP) is 6.78. The SMILES string of the molecule is CC(C)c1ccc(NC(=O)c2cccc(CN3CCCN(CC4CCCCC4)CC3)c2)cc1.O=C(O)C(F)(F)F. The molecule has 0 spiro atoms. The summed E-state index contributed by atoms with van der Waals surface area (Å²) in [6.45, 7) is 11.2. The van der Waals surface area contributed by atoms with E-state index in [1.807, 2.05) is 24.3 Å². The molecule has 2 N–H and O–H groups in total. The summed E-state index contributed by atoms with van der Waals surface area (Å²) < 4.78 is 31.7. The first kappa shape index (κ1) is 31.6. The molecule has 1 saturated carbocycles. The second-order valence-electron chi connectivity index (χ2n) is 11.2. The highest BCUT2D eigenvalue weighted by Crippen LogP contribution is 2.25. The van der Waals surface area contributed by atoms with Crippen LogP contribution >= 0.6 is 0 Å². The van der Waals surface area contributed by atoms with Gasteiger partial charge in [-0.15, -0.1) is 0 Å². The maximum absolute atomic E-state index is 12.8. The molecule has 1 amide bonds. The topological polar surface area (TPSA) is 72.9 Å². The van der Waals surface area contributed by atoms with Gasteiger partial charge in [-0.25, -0.2) is 4.79 Å². The fraction of sp³-hybridized carbons (Fsp3) is 0.548. The highest BCUT2D eigenvalue weighted by molar-refractivity contribution is 6.04. The van der Waals surface area contributed by atoms with Gasteiger partial charge in [-0.2, -0.15) is 13.2 Å². The number of carboxylic acids is 1. The Bertz CT molecular complexity index is 1080. The van der Waals surface area contributed by atoms with Gasteiger partial charge in [0, 0.05) is 37.4 Å². The lowest BCUT2D eigenvalue weighted by molar-refractivity contribution is -0.192. The molecule has 0 radical (unpaired) electrons. The third kappa shape index (κ3) is 10.6. The molecule has 0 atom stereocenters. The largest absolute Gasteiger partial charge is 0.490 e. The second kappa shape index (κ2) is 15.2. The molecule has 1 saturated heterocycles. The van der Waals surface area contributed by atoms with E-state index in [9.17, 15) is 18.0 Å². The zero-order valence-electron chi connectivity index (χ0n) is 23.6. The van der Waals surface area contributed by atoms with Crippen LogP contribution in [0.2, 0.25) is 0 Å². The lowest BCUT2D eigenvalue weighted by atomic mass is 9.89. The lowest BCUT2D eigenvalue weighted by Crippen LogP contribution is -2.34. The number of nitrogens with one attached hydrogen (secondary N) is 1. The molecule has 2 fully saturated rings. The Hall–Kier alpha value is -2.91. The minimum Gasteiger partial charge on any atom is -0.475 e. The fourth-order valence-electron chi connectivity index (χ4n) is 5.32. The van der Waals surface area contributed by atoms with Crippen molar-refractivity contribution in [3.8, 4) is 0 Å². The van der Waals surface area contributed by atoms with Gasteiger partial charge in [0.1, 0.15) is 0 Å². The molecule has 0 bridgehead atoms. The number of aliphatic carboxylic acids is 1. The first-order chi connectivity index (χ1) is 19.0. The quantitative estimate of drug-likeness (QED) is 0.390. The average molecular weight is 562 g/mol. The van der Waals surface area contributed by atoms with E-state index in [0.29, 0.717) is 5.92 Å². The smallest absolute Gasteiger partial charge is 0.475 e. The molecule has 9 heteroatoms. The number of benzene rings is 2. The maximum Gasteiger partial charge on any atom is 0.490 e. The fourth-order valence-corrected chi connectivity index (χ4v) is 5.32. The molecule has 40 heavy (non-hydrogen) atoms. The zero-order chi connectivity index (χ0) is 29.1. The number of carboxylic acid groups (broad SMARTS) is 1. The molecule has 0 aromatic heterocycles. The van der Waals surface area contributed by atoms with Gasteiger partial charge < -0.3 is 15.3 Å². The van der Waals surface area contributed by atoms with Gasteiger partial charge in [0.2, 0.25) is 0 Å². The van der Waals surface area contributed by atoms with Crippen molar-refractivity contribution >= 4 is 17.6 Å². The predicted molar refractivity (Wildman–Crippen MR) is 152 cm³/mol. The summed E-state index contributed by atoms with van der Waals surface area (Å²) in [5.41, 5.74) is 4.08. The number of hydrogen-bond donors (Lipinski definition) is 2. The number of amides is 1. The molecule has 4 rings (SSSR count). The third-order valence-corrected chi connectivity index (χ3v) is 7.60. The summed E-state index contributed by atoms with van der Waals surface area (Å²) in [6.07, 6.45) is 3.30. The summed E-state index contributed by atoms with van der Waals surface area (Å²) in [5, 5.41) is 10.2. The number of hydrogen-bond acceptors (Lipinski definition) is 4. The number of halogens is 3. The van der Waals surface area contributed by atoms with Gasteiger partial charge in [0.15, 0.2) is 0 Å². The number of carbonyl (C=O) groups is 2. The maximum atomic E-state index is 12.8. The molecule has 1 heterocycles. The van der Waals surface area contributed by atoms with Crippen LogP contribution in [0, 0.1) is 5.92 Å². The van der Waals surface area contributed by atoms with E-state index in [0.717, 1.165) is 36.8 Å². The molecular weight excluding hydrogens is 519 g/mol. The summed E-state index contributed by atoms with van der Waals surface area (Å²) in [6, 6.07) is 16.3. The third-order valence-electron chi connectivity index (χ3n) is 7.60. The molecule has 1 aliphatic heterocycles. The summed E-state index contributed by atoms with van der Waals surface area (Å²) >= 11 is 0. The Morgan fingerprint density at radius 2 is 1.55 bits per heavy atom. The first-order valence-electron chi connectivity index (χ1n) is 14.3. The van der Waals surface area contributed by atoms with Crippen molar-refractivity contribution in [2.45, 2.75) is 71.0 Å². The van der Waals surface area contributed by atoms with Crippen LogP contribution in [-0.2, 0) is 11.3 Å². The summed E-state index contributed by atoms with van der Waals surface area (Å²) in [7, 11) is 0. The average Bonchev–Trinajstić information content (AvgIpc) is 3.14. The number of anilines is 1. The van der Waals surface area contributed by atoms with E-state index >= 15 is 0 Å². The van der Waals surface area contributed by atoms with Crippen molar-refractivity contribution in [1.82, 2.24) is 9.80 Å². The first-order valence-corrected chi connectivity index (χ1v) is 14.3. The van der Waals surface area contributed by atoms with Crippen molar-refractivity contribution in [3.63, 3.8) is 0 Å². The number of rotatable bonds is 7. The van der Waals surface area contributed by atoms with Crippen molar-refractivity contribution < 1.29 is 27.9 Å². The number of nitrogens with zero attached hydrogens (tertiary/aromatic N) is 2. The highest BCUT2D eigenvalue weighted by atomic mass is 19.4. The van der Waals surface area contributed by atoms with Crippen LogP contribution in [0.15, 0.2) is 48.5 Å². The molecule has 0 unspecified atom stereocenters. The number of alkyl halides is 3. The van der Waals surface area contributed by atoms with Gasteiger partial charge >= 0.3 is 12.1 Å². The van der Waals surface area contributed by atoms with Crippen molar-refractivity contribution in [2.75, 3.05) is 38.0 Å². The Balaban J connectivity index is 0.000000559. The Morgan fingerprint density at radius 3 is 2.17 bits per heavy atom. The van der Waals surface area contributed by atoms with E-state index < -0.39 is 12.1 Å². The zero-order valence-corrected chi connectivity index (χ0v) is 23.6. The summed E-state index contributed by atoms with van der Waals surface area (Å²) in [5.74, 6) is -1.39. The standard InChI is InChI=1S/C29H41N3O.C2HF3O2/c1-23(2)26-12-14-28(15-13-26)30-29(33)27-11-6-10-25(20-27)22-32-17-7-16-31(18-19-32)21-24-8-4-3-5-9-24;3-2(4,5)1(6)7/h6,10-15,20,23-24H,3-5,7-9,16-19,21-22H2,1-2H3,(H,30,33);(H,6,7). The van der Waals surface area contributed by atoms with E-state index in [1.165, 1.54) is 69.3 Å². The minimum absolute atomic E-state index is 0.0383. The number of carbonyl (C=O) groups excluding carboxylic acids is 1. The Kier molecular flexibility index (Phi) is 12.0.